The maximum absolute atomic E-state index is 13.4. The third-order valence-electron chi connectivity index (χ3n) is 12.7. The minimum atomic E-state index is -0.930. The number of hydrogen-bond donors (Lipinski definition) is 2. The number of esters is 2. The van der Waals surface area contributed by atoms with Crippen LogP contribution >= 0.6 is 0 Å². The molecule has 43 heavy (non-hydrogen) atoms. The van der Waals surface area contributed by atoms with Crippen molar-refractivity contribution in [3.8, 4) is 0 Å². The summed E-state index contributed by atoms with van der Waals surface area (Å²) in [6.07, 6.45) is 3.95. The van der Waals surface area contributed by atoms with Gasteiger partial charge in [0.2, 0.25) is 0 Å². The van der Waals surface area contributed by atoms with E-state index in [2.05, 4.69) is 27.7 Å². The van der Waals surface area contributed by atoms with Crippen LogP contribution < -0.4 is 0 Å². The Balaban J connectivity index is 1.54. The average molecular weight is 599 g/mol. The number of allylic oxidation sites excluding steroid dienone is 1. The number of methoxy groups -OCH3 is 1. The molecular formula is C34H46O9. The van der Waals surface area contributed by atoms with E-state index in [9.17, 15) is 19.8 Å². The van der Waals surface area contributed by atoms with Crippen molar-refractivity contribution in [2.24, 2.45) is 33.5 Å². The summed E-state index contributed by atoms with van der Waals surface area (Å²) in [4.78, 5) is 25.7. The quantitative estimate of drug-likeness (QED) is 0.290. The lowest BCUT2D eigenvalue weighted by molar-refractivity contribution is -0.271. The van der Waals surface area contributed by atoms with E-state index in [1.807, 2.05) is 12.1 Å². The van der Waals surface area contributed by atoms with Crippen LogP contribution in [-0.2, 0) is 28.5 Å². The van der Waals surface area contributed by atoms with E-state index in [-0.39, 0.29) is 23.9 Å². The van der Waals surface area contributed by atoms with Gasteiger partial charge < -0.3 is 33.6 Å². The first-order chi connectivity index (χ1) is 20.2. The van der Waals surface area contributed by atoms with Gasteiger partial charge in [-0.25, -0.2) is 4.79 Å². The Morgan fingerprint density at radius 1 is 1.02 bits per heavy atom. The molecule has 0 spiro atoms. The maximum atomic E-state index is 13.4. The Hall–Kier alpha value is -2.46. The Morgan fingerprint density at radius 3 is 2.35 bits per heavy atom. The summed E-state index contributed by atoms with van der Waals surface area (Å²) >= 11 is 0. The van der Waals surface area contributed by atoms with Crippen molar-refractivity contribution >= 4 is 11.9 Å². The number of carbonyl (C=O) groups is 2. The number of ether oxygens (including phenoxy) is 4. The number of aliphatic hydroxyl groups is 2. The van der Waals surface area contributed by atoms with E-state index in [0.717, 1.165) is 11.1 Å². The molecule has 0 bridgehead atoms. The lowest BCUT2D eigenvalue weighted by atomic mass is 9.36. The van der Waals surface area contributed by atoms with Crippen LogP contribution in [0.15, 0.2) is 46.3 Å². The molecule has 1 aromatic heterocycles. The number of hydrogen-bond acceptors (Lipinski definition) is 9. The fourth-order valence-electron chi connectivity index (χ4n) is 10.7. The zero-order valence-electron chi connectivity index (χ0n) is 26.5. The third-order valence-corrected chi connectivity index (χ3v) is 12.7. The summed E-state index contributed by atoms with van der Waals surface area (Å²) < 4.78 is 30.6. The fraction of sp³-hybridized carbons (Fsp3) is 0.706. The Bertz CT molecular complexity index is 1350. The zero-order valence-corrected chi connectivity index (χ0v) is 26.5. The van der Waals surface area contributed by atoms with Crippen LogP contribution in [0.25, 0.3) is 0 Å². The second kappa shape index (κ2) is 10.0. The highest BCUT2D eigenvalue weighted by atomic mass is 16.6. The Kier molecular flexibility index (Phi) is 7.13. The molecular weight excluding hydrogens is 552 g/mol. The average Bonchev–Trinajstić information content (AvgIpc) is 3.67. The predicted molar refractivity (Wildman–Crippen MR) is 156 cm³/mol. The normalized spacial score (nSPS) is 48.6. The standard InChI is InChI=1S/C34H46O9/c1-9-17(2)30(38)43-25-14-23(42-18(3)35)31(4)16-41-27-28(31)34(25,7)22-13-24(39-8)33(6)21(32(22,5)29(27)37)12-20(36)26(33)19-10-11-40-15-19/h9-12,15,20,22-29,36-37H,13-14,16H2,1-8H3/t20-,22+,23-,24+,25+,26-,27-,28-,29-,31-,32+,33+,34+/m1/s1. The van der Waals surface area contributed by atoms with Crippen LogP contribution in [-0.4, -0.2) is 72.5 Å². The predicted octanol–water partition coefficient (Wildman–Crippen LogP) is 4.33. The Labute approximate surface area is 253 Å². The fourth-order valence-corrected chi connectivity index (χ4v) is 10.7. The molecule has 5 aliphatic rings. The van der Waals surface area contributed by atoms with Crippen molar-refractivity contribution < 1.29 is 43.2 Å². The van der Waals surface area contributed by atoms with Crippen LogP contribution in [0.2, 0.25) is 0 Å². The molecule has 9 heteroatoms. The Morgan fingerprint density at radius 2 is 1.74 bits per heavy atom. The molecule has 1 aromatic rings. The number of aliphatic hydroxyl groups excluding tert-OH is 2. The summed E-state index contributed by atoms with van der Waals surface area (Å²) in [5.41, 5.74) is -0.505. The van der Waals surface area contributed by atoms with Gasteiger partial charge in [-0.3, -0.25) is 4.79 Å². The molecule has 3 saturated carbocycles. The molecule has 236 valence electrons. The molecule has 13 atom stereocenters. The highest BCUT2D eigenvalue weighted by Gasteiger charge is 2.78. The molecule has 6 rings (SSSR count). The van der Waals surface area contributed by atoms with Gasteiger partial charge in [0.15, 0.2) is 0 Å². The first-order valence-electron chi connectivity index (χ1n) is 15.5. The third kappa shape index (κ3) is 3.83. The molecule has 0 aromatic carbocycles. The van der Waals surface area contributed by atoms with E-state index in [0.29, 0.717) is 25.0 Å². The van der Waals surface area contributed by atoms with E-state index in [1.165, 1.54) is 6.92 Å². The van der Waals surface area contributed by atoms with E-state index >= 15 is 0 Å². The SMILES string of the molecule is CC=C(C)C(=O)O[C@H]1C[C@@H](OC(C)=O)[C@@]2(C)CO[C@H]3[C@@H](O)[C@@]4(C)C5=C[C@@H](O)[C@@H](c6ccoc6)[C@]5(C)[C@@H](OC)C[C@@H]4[C@]1(C)[C@H]32. The molecule has 0 amide bonds. The van der Waals surface area contributed by atoms with Gasteiger partial charge in [-0.1, -0.05) is 45.4 Å². The van der Waals surface area contributed by atoms with Gasteiger partial charge >= 0.3 is 11.9 Å². The molecule has 1 saturated heterocycles. The molecule has 2 N–H and O–H groups in total. The van der Waals surface area contributed by atoms with Gasteiger partial charge in [-0.15, -0.1) is 0 Å². The van der Waals surface area contributed by atoms with Gasteiger partial charge in [0.05, 0.1) is 43.5 Å². The van der Waals surface area contributed by atoms with E-state index in [1.54, 1.807) is 39.6 Å². The van der Waals surface area contributed by atoms with Crippen molar-refractivity contribution in [2.45, 2.75) is 104 Å². The van der Waals surface area contributed by atoms with Crippen LogP contribution in [0.3, 0.4) is 0 Å². The highest BCUT2D eigenvalue weighted by molar-refractivity contribution is 5.87. The summed E-state index contributed by atoms with van der Waals surface area (Å²) in [6, 6.07) is 1.88. The van der Waals surface area contributed by atoms with Crippen molar-refractivity contribution in [2.75, 3.05) is 13.7 Å². The molecule has 1 aliphatic heterocycles. The molecule has 9 nitrogen and oxygen atoms in total. The number of rotatable bonds is 5. The summed E-state index contributed by atoms with van der Waals surface area (Å²) in [7, 11) is 1.70. The van der Waals surface area contributed by atoms with Crippen LogP contribution in [0.4, 0.5) is 0 Å². The van der Waals surface area contributed by atoms with Gasteiger partial charge in [-0.2, -0.15) is 0 Å². The first-order valence-corrected chi connectivity index (χ1v) is 15.5. The monoisotopic (exact) mass is 598 g/mol. The minimum absolute atomic E-state index is 0.223. The number of fused-ring (bicyclic) bond motifs is 4. The first kappa shape index (κ1) is 30.6. The summed E-state index contributed by atoms with van der Waals surface area (Å²) in [5.74, 6) is -1.66. The minimum Gasteiger partial charge on any atom is -0.472 e. The van der Waals surface area contributed by atoms with Crippen molar-refractivity contribution in [1.82, 2.24) is 0 Å². The van der Waals surface area contributed by atoms with Crippen molar-refractivity contribution in [3.63, 3.8) is 0 Å². The lowest BCUT2D eigenvalue weighted by Crippen LogP contribution is -2.74. The molecule has 2 heterocycles. The highest BCUT2D eigenvalue weighted by Crippen LogP contribution is 2.75. The topological polar surface area (TPSA) is 125 Å². The molecule has 4 aliphatic carbocycles. The van der Waals surface area contributed by atoms with Gasteiger partial charge in [0.25, 0.3) is 0 Å². The molecule has 0 radical (unpaired) electrons. The van der Waals surface area contributed by atoms with Crippen molar-refractivity contribution in [3.05, 3.63) is 47.5 Å². The largest absolute Gasteiger partial charge is 0.472 e. The van der Waals surface area contributed by atoms with Crippen LogP contribution in [0.1, 0.15) is 72.8 Å². The van der Waals surface area contributed by atoms with Crippen LogP contribution in [0.5, 0.6) is 0 Å². The second-order valence-electron chi connectivity index (χ2n) is 14.5. The van der Waals surface area contributed by atoms with Crippen molar-refractivity contribution in [1.29, 1.82) is 0 Å². The van der Waals surface area contributed by atoms with E-state index in [4.69, 9.17) is 23.4 Å². The summed E-state index contributed by atoms with van der Waals surface area (Å²) in [5, 5.41) is 24.1. The second-order valence-corrected chi connectivity index (χ2v) is 14.5. The number of furan rings is 1. The van der Waals surface area contributed by atoms with Crippen LogP contribution in [0, 0.1) is 33.5 Å². The van der Waals surface area contributed by atoms with Gasteiger partial charge in [0.1, 0.15) is 12.2 Å². The van der Waals surface area contributed by atoms with Gasteiger partial charge in [-0.05, 0) is 37.8 Å². The molecule has 0 unspecified atom stereocenters. The summed E-state index contributed by atoms with van der Waals surface area (Å²) in [6.45, 7) is 13.6. The van der Waals surface area contributed by atoms with Gasteiger partial charge in [0, 0.05) is 59.5 Å². The smallest absolute Gasteiger partial charge is 0.333 e. The zero-order chi connectivity index (χ0) is 31.3. The van der Waals surface area contributed by atoms with E-state index < -0.39 is 64.1 Å². The number of carbonyl (C=O) groups excluding carboxylic acids is 2. The lowest BCUT2D eigenvalue weighted by Gasteiger charge is -2.70. The maximum Gasteiger partial charge on any atom is 0.333 e. The molecule has 4 fully saturated rings.